The van der Waals surface area contributed by atoms with Gasteiger partial charge in [-0.25, -0.2) is 0 Å². The van der Waals surface area contributed by atoms with Crippen LogP contribution >= 0.6 is 0 Å². The second-order valence-electron chi connectivity index (χ2n) is 6.31. The molecule has 0 heterocycles. The standard InChI is InChI=1S/C13H22N2O/c1-13(7-14,11-2-3-11)15-12(16)10-5-8-4-9(8)6-10/h8-11H,2-7,14H2,1H3,(H,15,16). The minimum atomic E-state index is -0.135. The third-order valence-corrected chi connectivity index (χ3v) is 4.93. The third-order valence-electron chi connectivity index (χ3n) is 4.93. The van der Waals surface area contributed by atoms with Crippen molar-refractivity contribution < 1.29 is 4.79 Å². The van der Waals surface area contributed by atoms with Gasteiger partial charge in [0.15, 0.2) is 0 Å². The summed E-state index contributed by atoms with van der Waals surface area (Å²) in [6, 6.07) is 0. The van der Waals surface area contributed by atoms with Crippen molar-refractivity contribution in [2.24, 2.45) is 29.4 Å². The van der Waals surface area contributed by atoms with Crippen LogP contribution in [-0.2, 0) is 4.79 Å². The Bertz CT molecular complexity index is 303. The first-order valence-electron chi connectivity index (χ1n) is 6.64. The van der Waals surface area contributed by atoms with E-state index in [1.807, 2.05) is 0 Å². The van der Waals surface area contributed by atoms with Crippen molar-refractivity contribution in [1.82, 2.24) is 5.32 Å². The summed E-state index contributed by atoms with van der Waals surface area (Å²) in [5, 5.41) is 3.22. The minimum absolute atomic E-state index is 0.135. The molecule has 0 bridgehead atoms. The zero-order valence-corrected chi connectivity index (χ0v) is 10.0. The molecule has 3 fully saturated rings. The fraction of sp³-hybridized carbons (Fsp3) is 0.923. The van der Waals surface area contributed by atoms with Crippen LogP contribution in [0.4, 0.5) is 0 Å². The molecular weight excluding hydrogens is 200 g/mol. The summed E-state index contributed by atoms with van der Waals surface area (Å²) in [6.45, 7) is 2.68. The molecule has 0 spiro atoms. The Labute approximate surface area is 97.2 Å². The van der Waals surface area contributed by atoms with Crippen LogP contribution in [0.15, 0.2) is 0 Å². The van der Waals surface area contributed by atoms with E-state index in [0.717, 1.165) is 24.7 Å². The number of amides is 1. The number of fused-ring (bicyclic) bond motifs is 1. The zero-order valence-electron chi connectivity index (χ0n) is 10.0. The lowest BCUT2D eigenvalue weighted by atomic mass is 9.93. The molecule has 0 radical (unpaired) electrons. The Hall–Kier alpha value is -0.570. The van der Waals surface area contributed by atoms with Crippen molar-refractivity contribution in [3.63, 3.8) is 0 Å². The van der Waals surface area contributed by atoms with Gasteiger partial charge in [-0.1, -0.05) is 0 Å². The number of carbonyl (C=O) groups is 1. The van der Waals surface area contributed by atoms with Crippen LogP contribution < -0.4 is 11.1 Å². The topological polar surface area (TPSA) is 55.1 Å². The smallest absolute Gasteiger partial charge is 0.223 e. The van der Waals surface area contributed by atoms with Crippen LogP contribution in [-0.4, -0.2) is 18.0 Å². The maximum absolute atomic E-state index is 12.2. The number of hydrogen-bond donors (Lipinski definition) is 2. The molecule has 90 valence electrons. The van der Waals surface area contributed by atoms with Crippen LogP contribution in [0, 0.1) is 23.7 Å². The molecule has 3 aliphatic rings. The van der Waals surface area contributed by atoms with Crippen LogP contribution in [0.5, 0.6) is 0 Å². The number of nitrogens with one attached hydrogen (secondary N) is 1. The highest BCUT2D eigenvalue weighted by Crippen LogP contribution is 2.54. The van der Waals surface area contributed by atoms with Crippen molar-refractivity contribution in [1.29, 1.82) is 0 Å². The SMILES string of the molecule is CC(CN)(NC(=O)C1CC2CC2C1)C1CC1. The van der Waals surface area contributed by atoms with E-state index in [4.69, 9.17) is 5.73 Å². The number of rotatable bonds is 4. The van der Waals surface area contributed by atoms with Gasteiger partial charge in [0.2, 0.25) is 5.91 Å². The summed E-state index contributed by atoms with van der Waals surface area (Å²) in [6.07, 6.45) is 6.08. The maximum atomic E-state index is 12.2. The summed E-state index contributed by atoms with van der Waals surface area (Å²) in [5.41, 5.74) is 5.68. The second-order valence-corrected chi connectivity index (χ2v) is 6.31. The first-order valence-corrected chi connectivity index (χ1v) is 6.64. The summed E-state index contributed by atoms with van der Waals surface area (Å²) in [7, 11) is 0. The first-order chi connectivity index (χ1) is 7.62. The highest BCUT2D eigenvalue weighted by atomic mass is 16.2. The fourth-order valence-electron chi connectivity index (χ4n) is 3.35. The van der Waals surface area contributed by atoms with Gasteiger partial charge in [0.1, 0.15) is 0 Å². The second kappa shape index (κ2) is 3.46. The van der Waals surface area contributed by atoms with Crippen molar-refractivity contribution in [3.8, 4) is 0 Å². The molecule has 1 amide bonds. The lowest BCUT2D eigenvalue weighted by molar-refractivity contribution is -0.127. The van der Waals surface area contributed by atoms with Gasteiger partial charge in [-0.3, -0.25) is 4.79 Å². The van der Waals surface area contributed by atoms with Gasteiger partial charge in [0.05, 0.1) is 5.54 Å². The molecule has 0 aromatic carbocycles. The summed E-state index contributed by atoms with van der Waals surface area (Å²) >= 11 is 0. The van der Waals surface area contributed by atoms with Crippen LogP contribution in [0.3, 0.4) is 0 Å². The van der Waals surface area contributed by atoms with Gasteiger partial charge in [-0.05, 0) is 56.8 Å². The van der Waals surface area contributed by atoms with Gasteiger partial charge in [-0.2, -0.15) is 0 Å². The number of carbonyl (C=O) groups excluding carboxylic acids is 1. The lowest BCUT2D eigenvalue weighted by Crippen LogP contribution is -2.54. The molecule has 3 saturated carbocycles. The molecule has 0 saturated heterocycles. The number of nitrogens with two attached hydrogens (primary N) is 1. The van der Waals surface area contributed by atoms with Gasteiger partial charge < -0.3 is 11.1 Å². The van der Waals surface area contributed by atoms with Gasteiger partial charge in [-0.15, -0.1) is 0 Å². The molecule has 3 unspecified atom stereocenters. The quantitative estimate of drug-likeness (QED) is 0.752. The summed E-state index contributed by atoms with van der Waals surface area (Å²) in [4.78, 5) is 12.2. The van der Waals surface area contributed by atoms with E-state index in [0.29, 0.717) is 12.5 Å². The molecule has 3 nitrogen and oxygen atoms in total. The Morgan fingerprint density at radius 1 is 1.31 bits per heavy atom. The van der Waals surface area contributed by atoms with Gasteiger partial charge in [0, 0.05) is 12.5 Å². The molecule has 0 aromatic heterocycles. The van der Waals surface area contributed by atoms with Crippen LogP contribution in [0.2, 0.25) is 0 Å². The first kappa shape index (κ1) is 10.6. The molecule has 0 aromatic rings. The van der Waals surface area contributed by atoms with E-state index >= 15 is 0 Å². The third kappa shape index (κ3) is 1.75. The van der Waals surface area contributed by atoms with Crippen molar-refractivity contribution in [3.05, 3.63) is 0 Å². The van der Waals surface area contributed by atoms with Crippen molar-refractivity contribution in [2.45, 2.75) is 44.6 Å². The molecular formula is C13H22N2O. The van der Waals surface area contributed by atoms with Crippen LogP contribution in [0.1, 0.15) is 39.0 Å². The fourth-order valence-corrected chi connectivity index (χ4v) is 3.35. The maximum Gasteiger partial charge on any atom is 0.223 e. The lowest BCUT2D eigenvalue weighted by Gasteiger charge is -2.31. The summed E-state index contributed by atoms with van der Waals surface area (Å²) in [5.74, 6) is 2.93. The van der Waals surface area contributed by atoms with E-state index in [1.54, 1.807) is 0 Å². The average molecular weight is 222 g/mol. The van der Waals surface area contributed by atoms with Crippen LogP contribution in [0.25, 0.3) is 0 Å². The molecule has 3 aliphatic carbocycles. The average Bonchev–Trinajstić information content (AvgIpc) is 3.18. The predicted molar refractivity (Wildman–Crippen MR) is 62.6 cm³/mol. The van der Waals surface area contributed by atoms with E-state index < -0.39 is 0 Å². The van der Waals surface area contributed by atoms with E-state index in [2.05, 4.69) is 12.2 Å². The van der Waals surface area contributed by atoms with Crippen molar-refractivity contribution in [2.75, 3.05) is 6.54 Å². The van der Waals surface area contributed by atoms with E-state index in [1.165, 1.54) is 19.3 Å². The largest absolute Gasteiger partial charge is 0.349 e. The molecule has 3 N–H and O–H groups in total. The highest BCUT2D eigenvalue weighted by molar-refractivity contribution is 5.80. The molecule has 16 heavy (non-hydrogen) atoms. The van der Waals surface area contributed by atoms with Crippen molar-refractivity contribution >= 4 is 5.91 Å². The predicted octanol–water partition coefficient (Wildman–Crippen LogP) is 1.28. The molecule has 3 rings (SSSR count). The molecule has 0 aliphatic heterocycles. The minimum Gasteiger partial charge on any atom is -0.349 e. The summed E-state index contributed by atoms with van der Waals surface area (Å²) < 4.78 is 0. The molecule has 3 heteroatoms. The Morgan fingerprint density at radius 2 is 1.94 bits per heavy atom. The van der Waals surface area contributed by atoms with Gasteiger partial charge in [0.25, 0.3) is 0 Å². The van der Waals surface area contributed by atoms with Gasteiger partial charge >= 0.3 is 0 Å². The number of hydrogen-bond acceptors (Lipinski definition) is 2. The normalized spacial score (nSPS) is 40.0. The highest BCUT2D eigenvalue weighted by Gasteiger charge is 2.49. The van der Waals surface area contributed by atoms with E-state index in [9.17, 15) is 4.79 Å². The Kier molecular flexibility index (Phi) is 2.29. The zero-order chi connectivity index (χ0) is 11.3. The van der Waals surface area contributed by atoms with E-state index in [-0.39, 0.29) is 17.4 Å². The Morgan fingerprint density at radius 3 is 2.44 bits per heavy atom. The monoisotopic (exact) mass is 222 g/mol. The Balaban J connectivity index is 1.58. The molecule has 3 atom stereocenters.